The van der Waals surface area contributed by atoms with Gasteiger partial charge in [0.05, 0.1) is 19.3 Å². The number of hydrogen-bond acceptors (Lipinski definition) is 5. The molecule has 1 fully saturated rings. The molecule has 1 unspecified atom stereocenters. The normalized spacial score (nSPS) is 18.6. The van der Waals surface area contributed by atoms with Crippen molar-refractivity contribution in [1.29, 1.82) is 0 Å². The van der Waals surface area contributed by atoms with Gasteiger partial charge in [-0.15, -0.1) is 0 Å². The Morgan fingerprint density at radius 3 is 2.42 bits per heavy atom. The van der Waals surface area contributed by atoms with Crippen LogP contribution in [0.3, 0.4) is 0 Å². The molecule has 1 aliphatic rings. The van der Waals surface area contributed by atoms with Crippen LogP contribution in [0.5, 0.6) is 5.75 Å². The number of aromatic nitrogens is 1. The molecule has 1 aromatic carbocycles. The van der Waals surface area contributed by atoms with Gasteiger partial charge in [0.25, 0.3) is 11.5 Å². The van der Waals surface area contributed by atoms with Crippen molar-refractivity contribution in [2.75, 3.05) is 19.8 Å². The average molecular weight is 442 g/mol. The van der Waals surface area contributed by atoms with E-state index in [0.717, 1.165) is 6.07 Å². The van der Waals surface area contributed by atoms with Crippen molar-refractivity contribution in [1.82, 2.24) is 4.98 Å². The lowest BCUT2D eigenvalue weighted by Crippen LogP contribution is -2.38. The average Bonchev–Trinajstić information content (AvgIpc) is 2.73. The Hall–Kier alpha value is -2.85. The Morgan fingerprint density at radius 2 is 1.87 bits per heavy atom. The smallest absolute Gasteiger partial charge is 0.431 e. The molecule has 0 aliphatic carbocycles. The monoisotopic (exact) mass is 442 g/mol. The van der Waals surface area contributed by atoms with E-state index in [0.29, 0.717) is 19.0 Å². The Morgan fingerprint density at radius 1 is 1.23 bits per heavy atom. The largest absolute Gasteiger partial charge is 0.491 e. The number of pyridine rings is 1. The molecule has 10 heteroatoms. The fourth-order valence-corrected chi connectivity index (χ4v) is 2.94. The van der Waals surface area contributed by atoms with E-state index in [2.05, 4.69) is 0 Å². The van der Waals surface area contributed by atoms with Crippen LogP contribution in [0.15, 0.2) is 35.1 Å². The number of carbonyl (C=O) groups excluding carboxylic acids is 1. The predicted molar refractivity (Wildman–Crippen MR) is 108 cm³/mol. The van der Waals surface area contributed by atoms with E-state index in [4.69, 9.17) is 19.9 Å². The summed E-state index contributed by atoms with van der Waals surface area (Å²) in [6, 6.07) is 6.59. The number of rotatable bonds is 5. The SMILES string of the molecule is CC.C[C@@H]1COCC(COc2ccc(-c3cc(C(N)=O)c(=O)[nH]c3C(F)(F)F)cc2)O1. The van der Waals surface area contributed by atoms with Gasteiger partial charge in [0.2, 0.25) is 0 Å². The van der Waals surface area contributed by atoms with Crippen LogP contribution in [0.25, 0.3) is 11.1 Å². The summed E-state index contributed by atoms with van der Waals surface area (Å²) in [4.78, 5) is 24.8. The number of primary amides is 1. The van der Waals surface area contributed by atoms with Crippen LogP contribution in [0.4, 0.5) is 13.2 Å². The summed E-state index contributed by atoms with van der Waals surface area (Å²) in [5, 5.41) is 0. The van der Waals surface area contributed by atoms with Gasteiger partial charge in [0.15, 0.2) is 0 Å². The van der Waals surface area contributed by atoms with Crippen LogP contribution in [0, 0.1) is 0 Å². The zero-order valence-electron chi connectivity index (χ0n) is 17.4. The van der Waals surface area contributed by atoms with Gasteiger partial charge in [-0.25, -0.2) is 0 Å². The highest BCUT2D eigenvalue weighted by Crippen LogP contribution is 2.35. The van der Waals surface area contributed by atoms with Gasteiger partial charge in [-0.1, -0.05) is 26.0 Å². The van der Waals surface area contributed by atoms with Crippen molar-refractivity contribution >= 4 is 5.91 Å². The minimum Gasteiger partial charge on any atom is -0.491 e. The molecule has 2 heterocycles. The first-order valence-corrected chi connectivity index (χ1v) is 9.76. The Kier molecular flexibility index (Phi) is 8.23. The molecule has 170 valence electrons. The minimum atomic E-state index is -4.82. The summed E-state index contributed by atoms with van der Waals surface area (Å²) < 4.78 is 56.7. The van der Waals surface area contributed by atoms with Gasteiger partial charge in [-0.2, -0.15) is 13.2 Å². The number of ether oxygens (including phenoxy) is 3. The van der Waals surface area contributed by atoms with Gasteiger partial charge in [-0.3, -0.25) is 9.59 Å². The number of H-pyrrole nitrogens is 1. The molecule has 31 heavy (non-hydrogen) atoms. The Bertz CT molecular complexity index is 942. The van der Waals surface area contributed by atoms with Crippen molar-refractivity contribution in [2.24, 2.45) is 5.73 Å². The van der Waals surface area contributed by atoms with Gasteiger partial charge in [-0.05, 0) is 30.7 Å². The van der Waals surface area contributed by atoms with Gasteiger partial charge >= 0.3 is 6.18 Å². The van der Waals surface area contributed by atoms with E-state index in [1.807, 2.05) is 20.8 Å². The summed E-state index contributed by atoms with van der Waals surface area (Å²) in [5.74, 6) is -0.700. The quantitative estimate of drug-likeness (QED) is 0.739. The molecule has 1 amide bonds. The molecule has 1 aliphatic heterocycles. The molecule has 1 saturated heterocycles. The number of alkyl halides is 3. The standard InChI is InChI=1S/C19H19F3N2O5.C2H6/c1-10-7-27-8-13(29-10)9-28-12-4-2-11(3-5-12)14-6-15(17(23)25)18(26)24-16(14)19(20,21)22;1-2/h2-6,10,13H,7-9H2,1H3,(H2,23,25)(H,24,26);1-2H3/t10-,13?;/m1./s1. The van der Waals surface area contributed by atoms with Crippen LogP contribution in [0.1, 0.15) is 36.8 Å². The molecule has 0 bridgehead atoms. The van der Waals surface area contributed by atoms with Crippen LogP contribution >= 0.6 is 0 Å². The number of benzene rings is 1. The first-order chi connectivity index (χ1) is 14.6. The van der Waals surface area contributed by atoms with Crippen LogP contribution < -0.4 is 16.0 Å². The summed E-state index contributed by atoms with van der Waals surface area (Å²) in [7, 11) is 0. The zero-order chi connectivity index (χ0) is 23.2. The zero-order valence-corrected chi connectivity index (χ0v) is 17.4. The van der Waals surface area contributed by atoms with Crippen molar-refractivity contribution in [2.45, 2.75) is 39.2 Å². The van der Waals surface area contributed by atoms with Crippen molar-refractivity contribution < 1.29 is 32.2 Å². The second-order valence-corrected chi connectivity index (χ2v) is 6.60. The number of hydrogen-bond donors (Lipinski definition) is 2. The molecule has 2 atom stereocenters. The molecule has 1 aromatic heterocycles. The third-order valence-electron chi connectivity index (χ3n) is 4.27. The third-order valence-corrected chi connectivity index (χ3v) is 4.27. The third kappa shape index (κ3) is 6.31. The summed E-state index contributed by atoms with van der Waals surface area (Å²) in [6.45, 7) is 7.01. The fourth-order valence-electron chi connectivity index (χ4n) is 2.94. The van der Waals surface area contributed by atoms with E-state index < -0.39 is 28.9 Å². The Labute approximate surface area is 177 Å². The maximum absolute atomic E-state index is 13.3. The topological polar surface area (TPSA) is 104 Å². The number of amides is 1. The molecular weight excluding hydrogens is 417 g/mol. The lowest BCUT2D eigenvalue weighted by atomic mass is 10.0. The van der Waals surface area contributed by atoms with Crippen molar-refractivity contribution in [3.63, 3.8) is 0 Å². The first kappa shape index (κ1) is 24.4. The summed E-state index contributed by atoms with van der Waals surface area (Å²) >= 11 is 0. The summed E-state index contributed by atoms with van der Waals surface area (Å²) in [5.41, 5.74) is 1.83. The number of aromatic amines is 1. The van der Waals surface area contributed by atoms with E-state index >= 15 is 0 Å². The van der Waals surface area contributed by atoms with Gasteiger partial charge < -0.3 is 24.9 Å². The highest BCUT2D eigenvalue weighted by atomic mass is 19.4. The second-order valence-electron chi connectivity index (χ2n) is 6.60. The van der Waals surface area contributed by atoms with Crippen molar-refractivity contribution in [3.05, 3.63) is 51.9 Å². The lowest BCUT2D eigenvalue weighted by molar-refractivity contribution is -0.140. The van der Waals surface area contributed by atoms with Gasteiger partial charge in [0.1, 0.15) is 29.7 Å². The molecule has 0 saturated carbocycles. The minimum absolute atomic E-state index is 0.0415. The van der Waals surface area contributed by atoms with E-state index in [9.17, 15) is 22.8 Å². The molecule has 0 spiro atoms. The number of nitrogens with one attached hydrogen (secondary N) is 1. The molecule has 0 radical (unpaired) electrons. The van der Waals surface area contributed by atoms with Crippen LogP contribution in [-0.2, 0) is 15.7 Å². The summed E-state index contributed by atoms with van der Waals surface area (Å²) in [6.07, 6.45) is -5.11. The van der Waals surface area contributed by atoms with E-state index in [-0.39, 0.29) is 29.9 Å². The number of nitrogens with two attached hydrogens (primary N) is 1. The predicted octanol–water partition coefficient (Wildman–Crippen LogP) is 3.37. The molecular formula is C21H25F3N2O5. The second kappa shape index (κ2) is 10.5. The highest BCUT2D eigenvalue weighted by Gasteiger charge is 2.36. The molecule has 3 N–H and O–H groups in total. The maximum Gasteiger partial charge on any atom is 0.431 e. The molecule has 3 rings (SSSR count). The number of halogens is 3. The van der Waals surface area contributed by atoms with Crippen LogP contribution in [0.2, 0.25) is 0 Å². The van der Waals surface area contributed by atoms with E-state index in [1.165, 1.54) is 24.3 Å². The Balaban J connectivity index is 0.00000166. The van der Waals surface area contributed by atoms with E-state index in [1.54, 1.807) is 4.98 Å². The number of carbonyl (C=O) groups is 1. The lowest BCUT2D eigenvalue weighted by Gasteiger charge is -2.27. The molecule has 7 nitrogen and oxygen atoms in total. The first-order valence-electron chi connectivity index (χ1n) is 9.76. The van der Waals surface area contributed by atoms with Crippen molar-refractivity contribution in [3.8, 4) is 16.9 Å². The fraction of sp³-hybridized carbons (Fsp3) is 0.429. The molecule has 2 aromatic rings. The van der Waals surface area contributed by atoms with Crippen LogP contribution in [-0.4, -0.2) is 42.9 Å². The maximum atomic E-state index is 13.3. The highest BCUT2D eigenvalue weighted by molar-refractivity contribution is 5.93. The van der Waals surface area contributed by atoms with Gasteiger partial charge in [0, 0.05) is 5.56 Å².